The van der Waals surface area contributed by atoms with E-state index in [4.69, 9.17) is 16.1 Å². The molecule has 1 atom stereocenters. The number of nitrogens with zero attached hydrogens (tertiary/aromatic N) is 4. The second-order valence-electron chi connectivity index (χ2n) is 5.44. The van der Waals surface area contributed by atoms with Crippen LogP contribution >= 0.6 is 23.1 Å². The molecule has 120 valence electrons. The Labute approximate surface area is 143 Å². The second-order valence-corrected chi connectivity index (χ2v) is 6.63. The van der Waals surface area contributed by atoms with Gasteiger partial charge in [-0.05, 0) is 31.2 Å². The van der Waals surface area contributed by atoms with E-state index in [0.29, 0.717) is 22.7 Å². The van der Waals surface area contributed by atoms with Gasteiger partial charge in [0.1, 0.15) is 5.82 Å². The normalized spacial score (nSPS) is 12.6. The predicted octanol–water partition coefficient (Wildman–Crippen LogP) is 4.54. The Bertz CT molecular complexity index is 783. The lowest BCUT2D eigenvalue weighted by molar-refractivity contribution is 0.420. The molecule has 0 radical (unpaired) electrons. The van der Waals surface area contributed by atoms with Crippen molar-refractivity contribution in [2.24, 2.45) is 0 Å². The van der Waals surface area contributed by atoms with Crippen LogP contribution in [0.25, 0.3) is 11.5 Å². The van der Waals surface area contributed by atoms with Gasteiger partial charge in [0.05, 0.1) is 6.04 Å². The zero-order valence-electron chi connectivity index (χ0n) is 12.9. The van der Waals surface area contributed by atoms with E-state index in [1.807, 2.05) is 19.1 Å². The quantitative estimate of drug-likeness (QED) is 0.728. The molecule has 8 heteroatoms. The van der Waals surface area contributed by atoms with E-state index >= 15 is 0 Å². The molecule has 0 aliphatic carbocycles. The minimum absolute atomic E-state index is 0.132. The van der Waals surface area contributed by atoms with Gasteiger partial charge in [-0.3, -0.25) is 0 Å². The van der Waals surface area contributed by atoms with E-state index in [9.17, 15) is 0 Å². The van der Waals surface area contributed by atoms with Crippen molar-refractivity contribution in [3.05, 3.63) is 40.9 Å². The molecule has 0 bridgehead atoms. The Balaban J connectivity index is 1.72. The SMILES string of the molecule is CC(C)c1nsc(NC(C)c2noc(-c3ccc(Cl)cc3)n2)n1. The summed E-state index contributed by atoms with van der Waals surface area (Å²) in [5, 5.41) is 8.69. The topological polar surface area (TPSA) is 76.7 Å². The van der Waals surface area contributed by atoms with Gasteiger partial charge in [-0.15, -0.1) is 0 Å². The van der Waals surface area contributed by atoms with Crippen LogP contribution in [-0.4, -0.2) is 19.5 Å². The van der Waals surface area contributed by atoms with Crippen molar-refractivity contribution in [2.75, 3.05) is 5.32 Å². The highest BCUT2D eigenvalue weighted by molar-refractivity contribution is 7.09. The van der Waals surface area contributed by atoms with E-state index in [1.165, 1.54) is 11.5 Å². The van der Waals surface area contributed by atoms with Gasteiger partial charge in [-0.1, -0.05) is 30.6 Å². The fourth-order valence-corrected chi connectivity index (χ4v) is 2.82. The van der Waals surface area contributed by atoms with Gasteiger partial charge >= 0.3 is 0 Å². The zero-order valence-corrected chi connectivity index (χ0v) is 14.5. The highest BCUT2D eigenvalue weighted by atomic mass is 35.5. The zero-order chi connectivity index (χ0) is 16.4. The van der Waals surface area contributed by atoms with Crippen LogP contribution in [0.5, 0.6) is 0 Å². The Hall–Kier alpha value is -1.99. The lowest BCUT2D eigenvalue weighted by Crippen LogP contribution is -2.08. The number of anilines is 1. The first-order valence-corrected chi connectivity index (χ1v) is 8.37. The van der Waals surface area contributed by atoms with Gasteiger partial charge in [0.15, 0.2) is 5.82 Å². The predicted molar refractivity (Wildman–Crippen MR) is 90.8 cm³/mol. The third-order valence-electron chi connectivity index (χ3n) is 3.22. The van der Waals surface area contributed by atoms with Gasteiger partial charge in [-0.25, -0.2) is 4.98 Å². The monoisotopic (exact) mass is 349 g/mol. The van der Waals surface area contributed by atoms with E-state index in [2.05, 4.69) is 38.7 Å². The summed E-state index contributed by atoms with van der Waals surface area (Å²) in [6.45, 7) is 6.08. The van der Waals surface area contributed by atoms with Crippen molar-refractivity contribution in [2.45, 2.75) is 32.7 Å². The van der Waals surface area contributed by atoms with Crippen LogP contribution in [0.3, 0.4) is 0 Å². The molecule has 2 heterocycles. The standard InChI is InChI=1S/C15H16ClN5OS/c1-8(2)12-19-15(23-21-12)17-9(3)13-18-14(22-20-13)10-4-6-11(16)7-5-10/h4-9H,1-3H3,(H,17,19,21). The Morgan fingerprint density at radius 3 is 2.48 bits per heavy atom. The number of benzene rings is 1. The summed E-state index contributed by atoms with van der Waals surface area (Å²) in [6.07, 6.45) is 0. The minimum Gasteiger partial charge on any atom is -0.350 e. The molecular formula is C15H16ClN5OS. The first kappa shape index (κ1) is 15.9. The summed E-state index contributed by atoms with van der Waals surface area (Å²) in [4.78, 5) is 8.87. The molecule has 0 aliphatic rings. The summed E-state index contributed by atoms with van der Waals surface area (Å²) in [5.41, 5.74) is 0.832. The smallest absolute Gasteiger partial charge is 0.257 e. The van der Waals surface area contributed by atoms with Crippen molar-refractivity contribution < 1.29 is 4.52 Å². The van der Waals surface area contributed by atoms with Crippen molar-refractivity contribution in [3.8, 4) is 11.5 Å². The maximum absolute atomic E-state index is 5.88. The minimum atomic E-state index is -0.132. The number of halogens is 1. The van der Waals surface area contributed by atoms with Crippen LogP contribution in [0.2, 0.25) is 5.02 Å². The number of hydrogen-bond donors (Lipinski definition) is 1. The maximum atomic E-state index is 5.88. The van der Waals surface area contributed by atoms with Crippen LogP contribution < -0.4 is 5.32 Å². The van der Waals surface area contributed by atoms with Gasteiger partial charge in [0.25, 0.3) is 5.89 Å². The molecule has 3 aromatic rings. The molecular weight excluding hydrogens is 334 g/mol. The lowest BCUT2D eigenvalue weighted by Gasteiger charge is -2.06. The molecule has 1 aromatic carbocycles. The molecule has 0 saturated carbocycles. The van der Waals surface area contributed by atoms with E-state index in [0.717, 1.165) is 16.5 Å². The molecule has 0 saturated heterocycles. The molecule has 0 aliphatic heterocycles. The fraction of sp³-hybridized carbons (Fsp3) is 0.333. The van der Waals surface area contributed by atoms with E-state index < -0.39 is 0 Å². The third-order valence-corrected chi connectivity index (χ3v) is 4.13. The highest BCUT2D eigenvalue weighted by Gasteiger charge is 2.17. The first-order valence-electron chi connectivity index (χ1n) is 7.22. The largest absolute Gasteiger partial charge is 0.350 e. The number of hydrogen-bond acceptors (Lipinski definition) is 7. The Kier molecular flexibility index (Phi) is 4.58. The van der Waals surface area contributed by atoms with Gasteiger partial charge < -0.3 is 9.84 Å². The average Bonchev–Trinajstić information content (AvgIpc) is 3.17. The molecule has 2 aromatic heterocycles. The number of nitrogens with one attached hydrogen (secondary N) is 1. The van der Waals surface area contributed by atoms with Crippen LogP contribution in [0.1, 0.15) is 44.4 Å². The molecule has 3 rings (SSSR count). The van der Waals surface area contributed by atoms with Crippen LogP contribution in [-0.2, 0) is 0 Å². The molecule has 0 spiro atoms. The molecule has 1 unspecified atom stereocenters. The number of rotatable bonds is 5. The van der Waals surface area contributed by atoms with Crippen molar-refractivity contribution >= 4 is 28.3 Å². The molecule has 0 amide bonds. The summed E-state index contributed by atoms with van der Waals surface area (Å²) < 4.78 is 9.63. The lowest BCUT2D eigenvalue weighted by atomic mass is 10.2. The van der Waals surface area contributed by atoms with Crippen LogP contribution in [0, 0.1) is 0 Å². The summed E-state index contributed by atoms with van der Waals surface area (Å²) in [6, 6.07) is 7.14. The first-order chi connectivity index (χ1) is 11.0. The second kappa shape index (κ2) is 6.64. The van der Waals surface area contributed by atoms with Gasteiger partial charge in [0, 0.05) is 28.0 Å². The van der Waals surface area contributed by atoms with Crippen LogP contribution in [0.4, 0.5) is 5.13 Å². The molecule has 6 nitrogen and oxygen atoms in total. The maximum Gasteiger partial charge on any atom is 0.257 e. The Morgan fingerprint density at radius 2 is 1.83 bits per heavy atom. The molecule has 23 heavy (non-hydrogen) atoms. The van der Waals surface area contributed by atoms with Crippen molar-refractivity contribution in [1.29, 1.82) is 0 Å². The summed E-state index contributed by atoms with van der Waals surface area (Å²) in [5.74, 6) is 2.17. The fourth-order valence-electron chi connectivity index (χ4n) is 1.90. The molecule has 0 fully saturated rings. The summed E-state index contributed by atoms with van der Waals surface area (Å²) >= 11 is 7.21. The van der Waals surface area contributed by atoms with Gasteiger partial charge in [-0.2, -0.15) is 9.36 Å². The van der Waals surface area contributed by atoms with E-state index in [-0.39, 0.29) is 6.04 Å². The van der Waals surface area contributed by atoms with Crippen LogP contribution in [0.15, 0.2) is 28.8 Å². The number of aromatic nitrogens is 4. The summed E-state index contributed by atoms with van der Waals surface area (Å²) in [7, 11) is 0. The van der Waals surface area contributed by atoms with Crippen molar-refractivity contribution in [1.82, 2.24) is 19.5 Å². The van der Waals surface area contributed by atoms with Crippen molar-refractivity contribution in [3.63, 3.8) is 0 Å². The molecule has 1 N–H and O–H groups in total. The van der Waals surface area contributed by atoms with E-state index in [1.54, 1.807) is 12.1 Å². The third kappa shape index (κ3) is 3.68. The average molecular weight is 350 g/mol. The van der Waals surface area contributed by atoms with Gasteiger partial charge in [0.2, 0.25) is 5.13 Å². The highest BCUT2D eigenvalue weighted by Crippen LogP contribution is 2.24. The Morgan fingerprint density at radius 1 is 1.09 bits per heavy atom.